The van der Waals surface area contributed by atoms with Crippen LogP contribution in [0.1, 0.15) is 32.4 Å². The highest BCUT2D eigenvalue weighted by molar-refractivity contribution is 6.35. The molecule has 0 atom stereocenters. The molecule has 30 heavy (non-hydrogen) atoms. The summed E-state index contributed by atoms with van der Waals surface area (Å²) in [7, 11) is 4.32. The van der Waals surface area contributed by atoms with Crippen LogP contribution in [0.15, 0.2) is 12.4 Å². The maximum atomic E-state index is 13.0. The van der Waals surface area contributed by atoms with Gasteiger partial charge in [0.25, 0.3) is 11.8 Å². The van der Waals surface area contributed by atoms with Gasteiger partial charge in [-0.05, 0) is 6.92 Å². The lowest BCUT2D eigenvalue weighted by Crippen LogP contribution is -2.21. The van der Waals surface area contributed by atoms with Crippen molar-refractivity contribution in [3.8, 4) is 0 Å². The van der Waals surface area contributed by atoms with Gasteiger partial charge in [-0.3, -0.25) is 23.6 Å². The number of carbonyl (C=O) groups excluding carboxylic acids is 2. The second-order valence-electron chi connectivity index (χ2n) is 6.34. The molecule has 3 rings (SSSR count). The topological polar surface area (TPSA) is 112 Å². The molecular weight excluding hydrogens is 429 g/mol. The van der Waals surface area contributed by atoms with Crippen molar-refractivity contribution in [1.29, 1.82) is 0 Å². The molecule has 0 aromatic carbocycles. The summed E-state index contributed by atoms with van der Waals surface area (Å²) in [5.41, 5.74) is -0.799. The average Bonchev–Trinajstić information content (AvgIpc) is 3.25. The predicted octanol–water partition coefficient (Wildman–Crippen LogP) is 2.37. The van der Waals surface area contributed by atoms with E-state index in [2.05, 4.69) is 25.9 Å². The molecule has 0 aliphatic heterocycles. The zero-order valence-electron chi connectivity index (χ0n) is 16.2. The van der Waals surface area contributed by atoms with Gasteiger partial charge < -0.3 is 10.6 Å². The largest absolute Gasteiger partial charge is 0.436 e. The van der Waals surface area contributed by atoms with Gasteiger partial charge in [-0.15, -0.1) is 0 Å². The van der Waals surface area contributed by atoms with Gasteiger partial charge in [0.2, 0.25) is 0 Å². The second-order valence-corrected chi connectivity index (χ2v) is 6.72. The van der Waals surface area contributed by atoms with Gasteiger partial charge in [0.15, 0.2) is 5.69 Å². The molecule has 2 amide bonds. The van der Waals surface area contributed by atoms with Crippen molar-refractivity contribution in [3.05, 3.63) is 40.2 Å². The molecule has 3 heterocycles. The van der Waals surface area contributed by atoms with Crippen LogP contribution in [0.2, 0.25) is 5.02 Å². The van der Waals surface area contributed by atoms with Crippen LogP contribution in [-0.2, 0) is 27.3 Å². The number of amides is 2. The van der Waals surface area contributed by atoms with Crippen LogP contribution in [-0.4, -0.2) is 41.2 Å². The molecule has 2 N–H and O–H groups in total. The van der Waals surface area contributed by atoms with Crippen LogP contribution >= 0.6 is 11.6 Å². The molecule has 0 bridgehead atoms. The predicted molar refractivity (Wildman–Crippen MR) is 100 cm³/mol. The Labute approximate surface area is 172 Å². The Morgan fingerprint density at radius 1 is 0.933 bits per heavy atom. The van der Waals surface area contributed by atoms with Gasteiger partial charge in [0.1, 0.15) is 16.4 Å². The minimum Gasteiger partial charge on any atom is -0.318 e. The van der Waals surface area contributed by atoms with Gasteiger partial charge in [-0.1, -0.05) is 11.6 Å². The van der Waals surface area contributed by atoms with Crippen molar-refractivity contribution >= 4 is 34.8 Å². The third-order valence-corrected chi connectivity index (χ3v) is 4.72. The summed E-state index contributed by atoms with van der Waals surface area (Å²) in [5, 5.41) is 15.4. The number of hydrogen-bond donors (Lipinski definition) is 2. The first-order chi connectivity index (χ1) is 13.9. The van der Waals surface area contributed by atoms with E-state index in [-0.39, 0.29) is 11.4 Å². The van der Waals surface area contributed by atoms with Crippen LogP contribution < -0.4 is 10.6 Å². The van der Waals surface area contributed by atoms with E-state index in [1.165, 1.54) is 24.1 Å². The fourth-order valence-electron chi connectivity index (χ4n) is 2.71. The van der Waals surface area contributed by atoms with E-state index in [1.54, 1.807) is 18.7 Å². The minimum absolute atomic E-state index is 0.0210. The third-order valence-electron chi connectivity index (χ3n) is 4.36. The number of anilines is 2. The summed E-state index contributed by atoms with van der Waals surface area (Å²) in [5.74, 6) is -1.58. The van der Waals surface area contributed by atoms with E-state index in [9.17, 15) is 22.8 Å². The van der Waals surface area contributed by atoms with E-state index in [0.717, 1.165) is 11.7 Å². The first-order valence-corrected chi connectivity index (χ1v) is 8.72. The lowest BCUT2D eigenvalue weighted by atomic mass is 10.2. The van der Waals surface area contributed by atoms with Gasteiger partial charge in [-0.2, -0.15) is 28.5 Å². The number of nitrogens with zero attached hydrogens (tertiary/aromatic N) is 6. The Bertz CT molecular complexity index is 1140. The average molecular weight is 445 g/mol. The molecule has 160 valence electrons. The molecular formula is C16H16ClF3N8O2. The molecule has 0 spiro atoms. The number of halogens is 4. The first kappa shape index (κ1) is 21.4. The maximum Gasteiger partial charge on any atom is 0.436 e. The highest BCUT2D eigenvalue weighted by atomic mass is 35.5. The highest BCUT2D eigenvalue weighted by Gasteiger charge is 2.40. The molecule has 14 heteroatoms. The van der Waals surface area contributed by atoms with Crippen LogP contribution in [0.5, 0.6) is 0 Å². The number of aryl methyl sites for hydroxylation is 3. The summed E-state index contributed by atoms with van der Waals surface area (Å²) in [4.78, 5) is 25.3. The zero-order valence-corrected chi connectivity index (χ0v) is 16.9. The smallest absolute Gasteiger partial charge is 0.318 e. The van der Waals surface area contributed by atoms with Crippen LogP contribution in [0, 0.1) is 6.92 Å². The molecule has 0 aliphatic carbocycles. The molecule has 0 saturated carbocycles. The lowest BCUT2D eigenvalue weighted by Gasteiger charge is -2.09. The summed E-state index contributed by atoms with van der Waals surface area (Å²) in [6.45, 7) is 1.75. The Hall–Kier alpha value is -3.35. The first-order valence-electron chi connectivity index (χ1n) is 8.34. The molecule has 10 nitrogen and oxygen atoms in total. The van der Waals surface area contributed by atoms with E-state index in [1.807, 2.05) is 0 Å². The van der Waals surface area contributed by atoms with E-state index in [4.69, 9.17) is 11.6 Å². The quantitative estimate of drug-likeness (QED) is 0.641. The molecule has 0 unspecified atom stereocenters. The van der Waals surface area contributed by atoms with Crippen molar-refractivity contribution < 1.29 is 22.8 Å². The summed E-state index contributed by atoms with van der Waals surface area (Å²) in [6.07, 6.45) is -2.18. The van der Waals surface area contributed by atoms with Gasteiger partial charge in [0, 0.05) is 21.1 Å². The summed E-state index contributed by atoms with van der Waals surface area (Å²) >= 11 is 5.74. The molecule has 0 saturated heterocycles. The van der Waals surface area contributed by atoms with Crippen molar-refractivity contribution in [1.82, 2.24) is 29.3 Å². The van der Waals surface area contributed by atoms with Gasteiger partial charge in [-0.25, -0.2) is 0 Å². The van der Waals surface area contributed by atoms with E-state index < -0.39 is 34.4 Å². The van der Waals surface area contributed by atoms with E-state index >= 15 is 0 Å². The summed E-state index contributed by atoms with van der Waals surface area (Å²) < 4.78 is 42.4. The zero-order chi connectivity index (χ0) is 22.4. The fraction of sp³-hybridized carbons (Fsp3) is 0.312. The van der Waals surface area contributed by atoms with Gasteiger partial charge in [0.05, 0.1) is 29.5 Å². The highest BCUT2D eigenvalue weighted by Crippen LogP contribution is 2.35. The normalized spacial score (nSPS) is 11.6. The molecule has 0 aliphatic rings. The number of carbonyl (C=O) groups is 2. The Morgan fingerprint density at radius 3 is 2.00 bits per heavy atom. The van der Waals surface area contributed by atoms with Crippen LogP contribution in [0.4, 0.5) is 24.5 Å². The summed E-state index contributed by atoms with van der Waals surface area (Å²) in [6, 6.07) is 0. The van der Waals surface area contributed by atoms with Crippen molar-refractivity contribution in [2.45, 2.75) is 13.1 Å². The number of aromatic nitrogens is 6. The van der Waals surface area contributed by atoms with Crippen molar-refractivity contribution in [2.24, 2.45) is 21.1 Å². The Balaban J connectivity index is 1.89. The van der Waals surface area contributed by atoms with E-state index in [0.29, 0.717) is 11.4 Å². The second kappa shape index (κ2) is 7.48. The van der Waals surface area contributed by atoms with Crippen molar-refractivity contribution in [2.75, 3.05) is 10.6 Å². The number of alkyl halides is 3. The standard InChI is InChI=1S/C16H16ClF3N8O2/c1-7-8(5-21-26(7)2)23-14(29)11-9(6-22-27(11)3)24-15(30)12-10(17)13(16(18,19)20)25-28(12)4/h5-6H,1-4H3,(H,23,29)(H,24,30). The molecule has 3 aromatic heterocycles. The lowest BCUT2D eigenvalue weighted by molar-refractivity contribution is -0.141. The monoisotopic (exact) mass is 444 g/mol. The molecule has 3 aromatic rings. The van der Waals surface area contributed by atoms with Gasteiger partial charge >= 0.3 is 6.18 Å². The minimum atomic E-state index is -4.83. The Morgan fingerprint density at radius 2 is 1.47 bits per heavy atom. The SMILES string of the molecule is Cc1c(NC(=O)c2c(NC(=O)c3c(Cl)c(C(F)(F)F)nn3C)cnn2C)cnn1C. The fourth-order valence-corrected chi connectivity index (χ4v) is 3.06. The number of nitrogens with one attached hydrogen (secondary N) is 2. The number of hydrogen-bond acceptors (Lipinski definition) is 5. The van der Waals surface area contributed by atoms with Crippen molar-refractivity contribution in [3.63, 3.8) is 0 Å². The molecule has 0 fully saturated rings. The van der Waals surface area contributed by atoms with Crippen LogP contribution in [0.3, 0.4) is 0 Å². The van der Waals surface area contributed by atoms with Crippen LogP contribution in [0.25, 0.3) is 0 Å². The number of rotatable bonds is 4. The maximum absolute atomic E-state index is 13.0. The third kappa shape index (κ3) is 3.75. The molecule has 0 radical (unpaired) electrons. The Kier molecular flexibility index (Phi) is 5.33.